The monoisotopic (exact) mass is 185 g/mol. The summed E-state index contributed by atoms with van der Waals surface area (Å²) in [5.41, 5.74) is 0.753. The number of nitrogens with zero attached hydrogens (tertiary/aromatic N) is 1. The molecule has 1 unspecified atom stereocenters. The molecule has 0 bridgehead atoms. The van der Waals surface area contributed by atoms with Crippen LogP contribution in [0.3, 0.4) is 0 Å². The number of hydrogen-bond acceptors (Lipinski definition) is 2. The Morgan fingerprint density at radius 2 is 2.08 bits per heavy atom. The van der Waals surface area contributed by atoms with Crippen molar-refractivity contribution in [2.45, 2.75) is 40.0 Å². The average Bonchev–Trinajstić information content (AvgIpc) is 2.05. The van der Waals surface area contributed by atoms with Crippen LogP contribution >= 0.6 is 0 Å². The van der Waals surface area contributed by atoms with Crippen LogP contribution in [0.15, 0.2) is 4.99 Å². The molecule has 0 rings (SSSR count). The van der Waals surface area contributed by atoms with Gasteiger partial charge in [-0.1, -0.05) is 20.3 Å². The van der Waals surface area contributed by atoms with E-state index in [4.69, 9.17) is 5.11 Å². The van der Waals surface area contributed by atoms with Crippen LogP contribution in [0.4, 0.5) is 0 Å². The maximum Gasteiger partial charge on any atom is 0.312 e. The summed E-state index contributed by atoms with van der Waals surface area (Å²) in [7, 11) is 0. The highest BCUT2D eigenvalue weighted by Crippen LogP contribution is 2.06. The van der Waals surface area contributed by atoms with Crippen molar-refractivity contribution in [1.29, 1.82) is 0 Å². The summed E-state index contributed by atoms with van der Waals surface area (Å²) in [4.78, 5) is 15.0. The van der Waals surface area contributed by atoms with Gasteiger partial charge in [0.1, 0.15) is 0 Å². The molecule has 3 nitrogen and oxygen atoms in total. The van der Waals surface area contributed by atoms with Crippen molar-refractivity contribution >= 4 is 11.7 Å². The number of carboxylic acids is 1. The first-order valence-electron chi connectivity index (χ1n) is 4.87. The van der Waals surface area contributed by atoms with Crippen LogP contribution in [0.25, 0.3) is 0 Å². The molecule has 0 aromatic rings. The molecule has 0 saturated heterocycles. The molecule has 0 aliphatic heterocycles. The van der Waals surface area contributed by atoms with Crippen molar-refractivity contribution < 1.29 is 9.90 Å². The summed E-state index contributed by atoms with van der Waals surface area (Å²) in [6, 6.07) is 0. The molecule has 0 saturated carbocycles. The minimum atomic E-state index is -0.764. The second kappa shape index (κ2) is 6.63. The number of carbonyl (C=O) groups is 1. The summed E-state index contributed by atoms with van der Waals surface area (Å²) in [6.45, 7) is 6.53. The van der Waals surface area contributed by atoms with Gasteiger partial charge in [-0.3, -0.25) is 9.79 Å². The number of hydrogen-bond donors (Lipinski definition) is 1. The third kappa shape index (κ3) is 4.65. The van der Waals surface area contributed by atoms with E-state index in [1.54, 1.807) is 6.92 Å². The van der Waals surface area contributed by atoms with E-state index < -0.39 is 11.9 Å². The molecule has 0 radical (unpaired) electrons. The van der Waals surface area contributed by atoms with Gasteiger partial charge in [0.05, 0.1) is 5.92 Å². The molecular formula is C10H19NO2. The van der Waals surface area contributed by atoms with Crippen LogP contribution in [0.1, 0.15) is 40.0 Å². The van der Waals surface area contributed by atoms with Crippen molar-refractivity contribution in [3.63, 3.8) is 0 Å². The summed E-state index contributed by atoms with van der Waals surface area (Å²) in [5, 5.41) is 8.82. The van der Waals surface area contributed by atoms with Gasteiger partial charge in [0.2, 0.25) is 0 Å². The maximum absolute atomic E-state index is 10.7. The average molecular weight is 185 g/mol. The van der Waals surface area contributed by atoms with Crippen LogP contribution in [0.5, 0.6) is 0 Å². The highest BCUT2D eigenvalue weighted by molar-refractivity contribution is 6.00. The van der Waals surface area contributed by atoms with Gasteiger partial charge in [-0.05, 0) is 19.8 Å². The fourth-order valence-corrected chi connectivity index (χ4v) is 1.17. The normalized spacial score (nSPS) is 14.2. The largest absolute Gasteiger partial charge is 0.481 e. The Balaban J connectivity index is 4.10. The van der Waals surface area contributed by atoms with Gasteiger partial charge in [0.15, 0.2) is 0 Å². The molecule has 0 aromatic carbocycles. The Morgan fingerprint density at radius 1 is 1.46 bits per heavy atom. The van der Waals surface area contributed by atoms with Crippen molar-refractivity contribution in [2.75, 3.05) is 6.54 Å². The fourth-order valence-electron chi connectivity index (χ4n) is 1.17. The first-order valence-corrected chi connectivity index (χ1v) is 4.87. The summed E-state index contributed by atoms with van der Waals surface area (Å²) in [5.74, 6) is -1.16. The number of aliphatic imine (C=N–C) groups is 1. The van der Waals surface area contributed by atoms with Crippen LogP contribution in [0, 0.1) is 5.92 Å². The van der Waals surface area contributed by atoms with E-state index in [1.165, 1.54) is 0 Å². The van der Waals surface area contributed by atoms with E-state index in [2.05, 4.69) is 11.9 Å². The molecule has 0 aliphatic carbocycles. The zero-order chi connectivity index (χ0) is 10.3. The Bertz CT molecular complexity index is 187. The fraction of sp³-hybridized carbons (Fsp3) is 0.800. The van der Waals surface area contributed by atoms with Crippen molar-refractivity contribution in [3.05, 3.63) is 0 Å². The highest BCUT2D eigenvalue weighted by Gasteiger charge is 2.17. The topological polar surface area (TPSA) is 49.7 Å². The van der Waals surface area contributed by atoms with Gasteiger partial charge >= 0.3 is 5.97 Å². The quantitative estimate of drug-likeness (QED) is 0.510. The maximum atomic E-state index is 10.7. The Morgan fingerprint density at radius 3 is 2.46 bits per heavy atom. The molecule has 0 aromatic heterocycles. The lowest BCUT2D eigenvalue weighted by molar-refractivity contribution is -0.139. The molecule has 0 amide bonds. The lowest BCUT2D eigenvalue weighted by Crippen LogP contribution is -2.21. The van der Waals surface area contributed by atoms with Crippen LogP contribution < -0.4 is 0 Å². The minimum Gasteiger partial charge on any atom is -0.481 e. The van der Waals surface area contributed by atoms with E-state index in [1.807, 2.05) is 6.92 Å². The van der Waals surface area contributed by atoms with Gasteiger partial charge in [-0.15, -0.1) is 0 Å². The van der Waals surface area contributed by atoms with Gasteiger partial charge in [0, 0.05) is 12.3 Å². The molecule has 0 fully saturated rings. The molecule has 1 N–H and O–H groups in total. The van der Waals surface area contributed by atoms with Crippen molar-refractivity contribution in [1.82, 2.24) is 0 Å². The molecule has 1 atom stereocenters. The van der Waals surface area contributed by atoms with Crippen molar-refractivity contribution in [3.8, 4) is 0 Å². The first-order chi connectivity index (χ1) is 6.13. The Hall–Kier alpha value is -0.860. The molecule has 0 heterocycles. The van der Waals surface area contributed by atoms with Crippen LogP contribution in [-0.4, -0.2) is 23.3 Å². The van der Waals surface area contributed by atoms with E-state index in [0.717, 1.165) is 25.1 Å². The van der Waals surface area contributed by atoms with Gasteiger partial charge in [-0.2, -0.15) is 0 Å². The molecule has 13 heavy (non-hydrogen) atoms. The van der Waals surface area contributed by atoms with Gasteiger partial charge < -0.3 is 5.11 Å². The van der Waals surface area contributed by atoms with Crippen molar-refractivity contribution in [2.24, 2.45) is 10.9 Å². The zero-order valence-electron chi connectivity index (χ0n) is 8.71. The second-order valence-electron chi connectivity index (χ2n) is 3.18. The van der Waals surface area contributed by atoms with Gasteiger partial charge in [-0.25, -0.2) is 0 Å². The minimum absolute atomic E-state index is 0.392. The number of unbranched alkanes of at least 4 members (excludes halogenated alkanes) is 1. The lowest BCUT2D eigenvalue weighted by atomic mass is 10.0. The lowest BCUT2D eigenvalue weighted by Gasteiger charge is -2.08. The third-order valence-corrected chi connectivity index (χ3v) is 2.08. The van der Waals surface area contributed by atoms with E-state index >= 15 is 0 Å². The number of rotatable bonds is 6. The van der Waals surface area contributed by atoms with E-state index in [9.17, 15) is 4.79 Å². The highest BCUT2D eigenvalue weighted by atomic mass is 16.4. The molecular weight excluding hydrogens is 166 g/mol. The molecule has 0 aliphatic rings. The smallest absolute Gasteiger partial charge is 0.312 e. The molecule has 76 valence electrons. The van der Waals surface area contributed by atoms with Crippen LogP contribution in [0.2, 0.25) is 0 Å². The van der Waals surface area contributed by atoms with E-state index in [0.29, 0.717) is 6.42 Å². The Kier molecular flexibility index (Phi) is 6.20. The zero-order valence-corrected chi connectivity index (χ0v) is 8.71. The van der Waals surface area contributed by atoms with Crippen LogP contribution in [-0.2, 0) is 4.79 Å². The van der Waals surface area contributed by atoms with E-state index in [-0.39, 0.29) is 0 Å². The second-order valence-corrected chi connectivity index (χ2v) is 3.18. The SMILES string of the molecule is CCCC/N=C(/C)C(CC)C(=O)O. The number of carboxylic acid groups (broad SMARTS) is 1. The Labute approximate surface area is 79.9 Å². The molecule has 0 spiro atoms. The predicted octanol–water partition coefficient (Wildman–Crippen LogP) is 2.36. The predicted molar refractivity (Wildman–Crippen MR) is 54.3 cm³/mol. The van der Waals surface area contributed by atoms with Gasteiger partial charge in [0.25, 0.3) is 0 Å². The molecule has 3 heteroatoms. The summed E-state index contributed by atoms with van der Waals surface area (Å²) >= 11 is 0. The summed E-state index contributed by atoms with van der Waals surface area (Å²) in [6.07, 6.45) is 2.75. The number of aliphatic carboxylic acids is 1. The standard InChI is InChI=1S/C10H19NO2/c1-4-6-7-11-8(3)9(5-2)10(12)13/h9H,4-7H2,1-3H3,(H,12,13)/b11-8-. The first kappa shape index (κ1) is 12.1. The summed E-state index contributed by atoms with van der Waals surface area (Å²) < 4.78 is 0. The third-order valence-electron chi connectivity index (χ3n) is 2.08.